The Balaban J connectivity index is 2.46. The van der Waals surface area contributed by atoms with Crippen LogP contribution in [0, 0.1) is 24.4 Å². The molecule has 0 saturated heterocycles. The van der Waals surface area contributed by atoms with Gasteiger partial charge in [-0.05, 0) is 26.0 Å². The van der Waals surface area contributed by atoms with Crippen LogP contribution in [0.3, 0.4) is 0 Å². The van der Waals surface area contributed by atoms with Crippen molar-refractivity contribution in [2.45, 2.75) is 13.8 Å². The van der Waals surface area contributed by atoms with Gasteiger partial charge in [0.05, 0.1) is 12.2 Å². The number of halogens is 3. The van der Waals surface area contributed by atoms with E-state index in [4.69, 9.17) is 14.9 Å². The lowest BCUT2D eigenvalue weighted by Crippen LogP contribution is -2.21. The second kappa shape index (κ2) is 7.30. The summed E-state index contributed by atoms with van der Waals surface area (Å²) in [4.78, 5) is 35.7. The number of rotatable bonds is 5. The van der Waals surface area contributed by atoms with Crippen molar-refractivity contribution in [3.05, 3.63) is 52.0 Å². The molecule has 0 aliphatic heterocycles. The maximum Gasteiger partial charge on any atom is 0.342 e. The van der Waals surface area contributed by atoms with Gasteiger partial charge in [0.2, 0.25) is 5.88 Å². The molecule has 0 fully saturated rings. The first-order chi connectivity index (χ1) is 12.2. The lowest BCUT2D eigenvalue weighted by molar-refractivity contribution is 0.0521. The predicted molar refractivity (Wildman–Crippen MR) is 82.2 cm³/mol. The molecule has 138 valence electrons. The van der Waals surface area contributed by atoms with Crippen molar-refractivity contribution in [3.63, 3.8) is 0 Å². The number of primary amides is 1. The van der Waals surface area contributed by atoms with Gasteiger partial charge in [-0.1, -0.05) is 0 Å². The molecule has 26 heavy (non-hydrogen) atoms. The summed E-state index contributed by atoms with van der Waals surface area (Å²) in [5, 5.41) is 2.01. The normalized spacial score (nSPS) is 10.5. The highest BCUT2D eigenvalue weighted by molar-refractivity contribution is 6.12. The molecule has 0 atom stereocenters. The number of hydrogen-bond donors (Lipinski definition) is 2. The number of hydrogen-bond acceptors (Lipinski definition) is 5. The van der Waals surface area contributed by atoms with Crippen LogP contribution in [0.2, 0.25) is 0 Å². The average molecular weight is 370 g/mol. The molecular formula is C16H13F3N2O5. The number of ether oxygens (including phenoxy) is 1. The molecule has 2 amide bonds. The molecule has 0 saturated carbocycles. The topological polar surface area (TPSA) is 112 Å². The van der Waals surface area contributed by atoms with Crippen molar-refractivity contribution < 1.29 is 36.7 Å². The van der Waals surface area contributed by atoms with E-state index in [2.05, 4.69) is 0 Å². The molecule has 0 radical (unpaired) electrons. The van der Waals surface area contributed by atoms with Gasteiger partial charge in [-0.3, -0.25) is 14.9 Å². The Labute approximate surface area is 144 Å². The number of aryl methyl sites for hydroxylation is 1. The SMILES string of the molecule is CCOC(=O)c1c(C)oc(NC(=O)c2ccc(F)c(F)c2F)c1C(N)=O. The third kappa shape index (κ3) is 3.39. The van der Waals surface area contributed by atoms with Crippen molar-refractivity contribution in [2.75, 3.05) is 11.9 Å². The lowest BCUT2D eigenvalue weighted by atomic mass is 10.1. The summed E-state index contributed by atoms with van der Waals surface area (Å²) in [7, 11) is 0. The summed E-state index contributed by atoms with van der Waals surface area (Å²) in [5.74, 6) is -8.95. The van der Waals surface area contributed by atoms with E-state index in [0.29, 0.717) is 12.1 Å². The monoisotopic (exact) mass is 370 g/mol. The molecule has 0 bridgehead atoms. The van der Waals surface area contributed by atoms with Crippen LogP contribution in [0.15, 0.2) is 16.5 Å². The van der Waals surface area contributed by atoms with E-state index >= 15 is 0 Å². The second-order valence-electron chi connectivity index (χ2n) is 5.00. The zero-order chi connectivity index (χ0) is 19.6. The molecule has 7 nitrogen and oxygen atoms in total. The van der Waals surface area contributed by atoms with Crippen LogP contribution < -0.4 is 11.1 Å². The smallest absolute Gasteiger partial charge is 0.342 e. The average Bonchev–Trinajstić information content (AvgIpc) is 2.89. The number of nitrogens with one attached hydrogen (secondary N) is 1. The number of carbonyl (C=O) groups excluding carboxylic acids is 3. The number of carbonyl (C=O) groups is 3. The van der Waals surface area contributed by atoms with Crippen molar-refractivity contribution >= 4 is 23.7 Å². The molecule has 0 aliphatic carbocycles. The van der Waals surface area contributed by atoms with Gasteiger partial charge in [-0.15, -0.1) is 0 Å². The van der Waals surface area contributed by atoms with Gasteiger partial charge >= 0.3 is 5.97 Å². The summed E-state index contributed by atoms with van der Waals surface area (Å²) in [6.07, 6.45) is 0. The van der Waals surface area contributed by atoms with Crippen LogP contribution in [0.25, 0.3) is 0 Å². The minimum absolute atomic E-state index is 0.00339. The van der Waals surface area contributed by atoms with E-state index in [1.165, 1.54) is 13.8 Å². The number of amides is 2. The van der Waals surface area contributed by atoms with Crippen LogP contribution >= 0.6 is 0 Å². The van der Waals surface area contributed by atoms with Gasteiger partial charge in [0.1, 0.15) is 16.9 Å². The maximum atomic E-state index is 13.7. The Hall–Kier alpha value is -3.30. The number of anilines is 1. The summed E-state index contributed by atoms with van der Waals surface area (Å²) in [6, 6.07) is 1.26. The fourth-order valence-corrected chi connectivity index (χ4v) is 2.19. The summed E-state index contributed by atoms with van der Waals surface area (Å²) < 4.78 is 49.9. The number of benzene rings is 1. The van der Waals surface area contributed by atoms with Gasteiger partial charge in [0.25, 0.3) is 11.8 Å². The van der Waals surface area contributed by atoms with Crippen LogP contribution in [-0.2, 0) is 4.74 Å². The van der Waals surface area contributed by atoms with Crippen molar-refractivity contribution in [2.24, 2.45) is 5.73 Å². The van der Waals surface area contributed by atoms with Gasteiger partial charge in [0, 0.05) is 0 Å². The Bertz CT molecular complexity index is 908. The molecule has 0 unspecified atom stereocenters. The largest absolute Gasteiger partial charge is 0.462 e. The van der Waals surface area contributed by atoms with Crippen LogP contribution in [0.1, 0.15) is 43.8 Å². The molecule has 10 heteroatoms. The minimum atomic E-state index is -1.84. The van der Waals surface area contributed by atoms with Gasteiger partial charge in [-0.25, -0.2) is 18.0 Å². The first-order valence-corrected chi connectivity index (χ1v) is 7.24. The molecule has 1 aromatic heterocycles. The van der Waals surface area contributed by atoms with Crippen LogP contribution in [0.5, 0.6) is 0 Å². The maximum absolute atomic E-state index is 13.7. The quantitative estimate of drug-likeness (QED) is 0.621. The standard InChI is InChI=1S/C16H13F3N2O5/c1-3-25-16(24)9-6(2)26-15(10(9)13(20)22)21-14(23)7-4-5-8(17)12(19)11(7)18/h4-5H,3H2,1-2H3,(H2,20,22)(H,21,23). The molecule has 2 aromatic rings. The molecule has 0 aliphatic rings. The van der Waals surface area contributed by atoms with Gasteiger partial charge in [0.15, 0.2) is 17.5 Å². The third-order valence-corrected chi connectivity index (χ3v) is 3.32. The Morgan fingerprint density at radius 2 is 1.81 bits per heavy atom. The summed E-state index contributed by atoms with van der Waals surface area (Å²) in [6.45, 7) is 2.85. The first kappa shape index (κ1) is 19.0. The third-order valence-electron chi connectivity index (χ3n) is 3.32. The second-order valence-corrected chi connectivity index (χ2v) is 5.00. The molecule has 1 aromatic carbocycles. The number of furan rings is 1. The Morgan fingerprint density at radius 3 is 2.38 bits per heavy atom. The van der Waals surface area contributed by atoms with Crippen molar-refractivity contribution in [1.29, 1.82) is 0 Å². The summed E-state index contributed by atoms with van der Waals surface area (Å²) in [5.41, 5.74) is 3.57. The highest BCUT2D eigenvalue weighted by atomic mass is 19.2. The van der Waals surface area contributed by atoms with E-state index < -0.39 is 52.2 Å². The van der Waals surface area contributed by atoms with E-state index in [1.807, 2.05) is 5.32 Å². The first-order valence-electron chi connectivity index (χ1n) is 7.24. The highest BCUT2D eigenvalue weighted by Gasteiger charge is 2.30. The van der Waals surface area contributed by atoms with Gasteiger partial charge in [-0.2, -0.15) is 0 Å². The molecule has 0 spiro atoms. The fraction of sp³-hybridized carbons (Fsp3) is 0.188. The van der Waals surface area contributed by atoms with E-state index in [-0.39, 0.29) is 17.9 Å². The highest BCUT2D eigenvalue weighted by Crippen LogP contribution is 2.28. The summed E-state index contributed by atoms with van der Waals surface area (Å²) >= 11 is 0. The molecule has 2 rings (SSSR count). The van der Waals surface area contributed by atoms with Crippen LogP contribution in [-0.4, -0.2) is 24.4 Å². The Kier molecular flexibility index (Phi) is 5.34. The van der Waals surface area contributed by atoms with E-state index in [0.717, 1.165) is 0 Å². The minimum Gasteiger partial charge on any atom is -0.462 e. The van der Waals surface area contributed by atoms with E-state index in [1.54, 1.807) is 0 Å². The molecule has 1 heterocycles. The van der Waals surface area contributed by atoms with Crippen molar-refractivity contribution in [3.8, 4) is 0 Å². The van der Waals surface area contributed by atoms with E-state index in [9.17, 15) is 27.6 Å². The zero-order valence-electron chi connectivity index (χ0n) is 13.6. The molecular weight excluding hydrogens is 357 g/mol. The van der Waals surface area contributed by atoms with Crippen molar-refractivity contribution in [1.82, 2.24) is 0 Å². The van der Waals surface area contributed by atoms with Crippen LogP contribution in [0.4, 0.5) is 19.1 Å². The lowest BCUT2D eigenvalue weighted by Gasteiger charge is -2.06. The fourth-order valence-electron chi connectivity index (χ4n) is 2.19. The zero-order valence-corrected chi connectivity index (χ0v) is 13.6. The Morgan fingerprint density at radius 1 is 1.15 bits per heavy atom. The number of esters is 1. The number of nitrogens with two attached hydrogens (primary N) is 1. The molecule has 3 N–H and O–H groups in total. The van der Waals surface area contributed by atoms with Gasteiger partial charge < -0.3 is 14.9 Å². The predicted octanol–water partition coefficient (Wildman–Crippen LogP) is 2.53.